The number of imide groups is 1. The summed E-state index contributed by atoms with van der Waals surface area (Å²) in [5.41, 5.74) is 2.73. The quantitative estimate of drug-likeness (QED) is 0.142. The molecule has 9 nitrogen and oxygen atoms in total. The highest BCUT2D eigenvalue weighted by molar-refractivity contribution is 6.30. The number of anilines is 3. The van der Waals surface area contributed by atoms with E-state index < -0.39 is 22.7 Å². The van der Waals surface area contributed by atoms with Crippen molar-refractivity contribution in [1.29, 1.82) is 0 Å². The van der Waals surface area contributed by atoms with Gasteiger partial charge in [-0.05, 0) is 43.3 Å². The normalized spacial score (nSPS) is 18.9. The molecule has 0 saturated carbocycles. The zero-order valence-electron chi connectivity index (χ0n) is 21.4. The molecule has 4 aromatic carbocycles. The van der Waals surface area contributed by atoms with E-state index in [2.05, 4.69) is 0 Å². The molecule has 0 bridgehead atoms. The van der Waals surface area contributed by atoms with Gasteiger partial charge in [0.15, 0.2) is 11.7 Å². The topological polar surface area (TPSA) is 99.4 Å². The van der Waals surface area contributed by atoms with Crippen LogP contribution < -0.4 is 14.8 Å². The third-order valence-electron chi connectivity index (χ3n) is 6.88. The number of nitro groups is 1. The number of carbonyl (C=O) groups is 2. The Morgan fingerprint density at radius 2 is 1.23 bits per heavy atom. The maximum atomic E-state index is 14.1. The van der Waals surface area contributed by atoms with Crippen LogP contribution in [0.15, 0.2) is 132 Å². The fourth-order valence-corrected chi connectivity index (χ4v) is 4.94. The summed E-state index contributed by atoms with van der Waals surface area (Å²) in [5.74, 6) is -0.686. The number of nitro benzene ring substituents is 1. The maximum Gasteiger partial charge on any atom is 0.269 e. The van der Waals surface area contributed by atoms with Crippen LogP contribution in [-0.4, -0.2) is 22.6 Å². The summed E-state index contributed by atoms with van der Waals surface area (Å²) in [4.78, 5) is 41.4. The first-order valence-corrected chi connectivity index (χ1v) is 12.7. The number of nitrogens with zero attached hydrogens (tertiary/aromatic N) is 5. The SMILES string of the molecule is CC1C(=O)N(c2ccc([N+](=O)[O-])cc2)C(=O)/C1=C1\N(c2ccccc2)N=C(c2ccccc2)N1c1ccccc1. The van der Waals surface area contributed by atoms with Crippen molar-refractivity contribution >= 4 is 40.4 Å². The van der Waals surface area contributed by atoms with Gasteiger partial charge < -0.3 is 0 Å². The molecular weight excluding hydrogens is 506 g/mol. The van der Waals surface area contributed by atoms with Gasteiger partial charge in [0.1, 0.15) is 0 Å². The van der Waals surface area contributed by atoms with Crippen molar-refractivity contribution in [2.24, 2.45) is 11.0 Å². The number of amidine groups is 1. The van der Waals surface area contributed by atoms with Crippen molar-refractivity contribution in [1.82, 2.24) is 0 Å². The Morgan fingerprint density at radius 3 is 1.80 bits per heavy atom. The number of non-ortho nitro benzene ring substituents is 1. The Labute approximate surface area is 230 Å². The van der Waals surface area contributed by atoms with Crippen molar-refractivity contribution in [2.45, 2.75) is 6.92 Å². The molecule has 2 aliphatic rings. The van der Waals surface area contributed by atoms with Gasteiger partial charge in [-0.2, -0.15) is 0 Å². The van der Waals surface area contributed by atoms with Gasteiger partial charge in [0.25, 0.3) is 11.6 Å². The zero-order valence-corrected chi connectivity index (χ0v) is 21.4. The second-order valence-corrected chi connectivity index (χ2v) is 9.32. The van der Waals surface area contributed by atoms with Crippen LogP contribution in [0.5, 0.6) is 0 Å². The van der Waals surface area contributed by atoms with Crippen molar-refractivity contribution in [3.05, 3.63) is 142 Å². The summed E-state index contributed by atoms with van der Waals surface area (Å²) in [7, 11) is 0. The Hall–Kier alpha value is -5.57. The number of carbonyl (C=O) groups excluding carboxylic acids is 2. The van der Waals surface area contributed by atoms with Gasteiger partial charge in [-0.1, -0.05) is 66.7 Å². The largest absolute Gasteiger partial charge is 0.277 e. The maximum absolute atomic E-state index is 14.1. The molecule has 1 atom stereocenters. The average Bonchev–Trinajstić information content (AvgIpc) is 3.48. The third-order valence-corrected chi connectivity index (χ3v) is 6.88. The monoisotopic (exact) mass is 529 g/mol. The van der Waals surface area contributed by atoms with E-state index in [1.54, 1.807) is 11.9 Å². The molecule has 0 radical (unpaired) electrons. The van der Waals surface area contributed by atoms with Gasteiger partial charge in [0.2, 0.25) is 5.91 Å². The van der Waals surface area contributed by atoms with Crippen LogP contribution >= 0.6 is 0 Å². The van der Waals surface area contributed by atoms with Gasteiger partial charge in [-0.3, -0.25) is 24.6 Å². The first-order valence-electron chi connectivity index (χ1n) is 12.7. The molecule has 1 fully saturated rings. The number of hydrogen-bond donors (Lipinski definition) is 0. The predicted octanol–water partition coefficient (Wildman–Crippen LogP) is 5.70. The highest BCUT2D eigenvalue weighted by Crippen LogP contribution is 2.41. The molecule has 2 aliphatic heterocycles. The van der Waals surface area contributed by atoms with E-state index in [0.29, 0.717) is 11.7 Å². The minimum atomic E-state index is -0.805. The molecule has 0 aromatic heterocycles. The van der Waals surface area contributed by atoms with Crippen LogP contribution in [-0.2, 0) is 9.59 Å². The zero-order chi connectivity index (χ0) is 27.8. The summed E-state index contributed by atoms with van der Waals surface area (Å²) in [6.07, 6.45) is 0. The lowest BCUT2D eigenvalue weighted by Gasteiger charge is -2.27. The van der Waals surface area contributed by atoms with Crippen LogP contribution in [0.3, 0.4) is 0 Å². The molecule has 4 aromatic rings. The van der Waals surface area contributed by atoms with Crippen LogP contribution in [0.25, 0.3) is 0 Å². The van der Waals surface area contributed by atoms with E-state index in [-0.39, 0.29) is 16.9 Å². The number of amides is 2. The lowest BCUT2D eigenvalue weighted by atomic mass is 10.0. The third kappa shape index (κ3) is 4.10. The number of rotatable bonds is 5. The van der Waals surface area contributed by atoms with Crippen LogP contribution in [0.1, 0.15) is 12.5 Å². The fraction of sp³-hybridized carbons (Fsp3) is 0.0645. The number of benzene rings is 4. The number of hydrazone groups is 1. The predicted molar refractivity (Wildman–Crippen MR) is 153 cm³/mol. The first kappa shape index (κ1) is 24.7. The highest BCUT2D eigenvalue weighted by Gasteiger charge is 2.48. The molecule has 1 unspecified atom stereocenters. The summed E-state index contributed by atoms with van der Waals surface area (Å²) in [6, 6.07) is 34.0. The Bertz CT molecular complexity index is 1670. The van der Waals surface area contributed by atoms with E-state index in [1.807, 2.05) is 95.9 Å². The summed E-state index contributed by atoms with van der Waals surface area (Å²) >= 11 is 0. The van der Waals surface area contributed by atoms with Crippen LogP contribution in [0.4, 0.5) is 22.7 Å². The first-order chi connectivity index (χ1) is 19.5. The molecule has 1 saturated heterocycles. The van der Waals surface area contributed by atoms with E-state index >= 15 is 0 Å². The number of para-hydroxylation sites is 2. The molecule has 0 N–H and O–H groups in total. The molecule has 2 heterocycles. The Morgan fingerprint density at radius 1 is 0.700 bits per heavy atom. The smallest absolute Gasteiger partial charge is 0.269 e. The average molecular weight is 530 g/mol. The molecular formula is C31H23N5O4. The lowest BCUT2D eigenvalue weighted by molar-refractivity contribution is -0.384. The van der Waals surface area contributed by atoms with Gasteiger partial charge in [-0.25, -0.2) is 9.91 Å². The van der Waals surface area contributed by atoms with E-state index in [4.69, 9.17) is 5.10 Å². The fourth-order valence-electron chi connectivity index (χ4n) is 4.94. The minimum Gasteiger partial charge on any atom is -0.277 e. The van der Waals surface area contributed by atoms with Crippen molar-refractivity contribution in [3.63, 3.8) is 0 Å². The highest BCUT2D eigenvalue weighted by atomic mass is 16.6. The Kier molecular flexibility index (Phi) is 6.16. The van der Waals surface area contributed by atoms with Crippen LogP contribution in [0.2, 0.25) is 0 Å². The molecule has 9 heteroatoms. The van der Waals surface area contributed by atoms with E-state index in [0.717, 1.165) is 21.8 Å². The van der Waals surface area contributed by atoms with Crippen molar-refractivity contribution in [2.75, 3.05) is 14.8 Å². The van der Waals surface area contributed by atoms with Crippen molar-refractivity contribution < 1.29 is 14.5 Å². The van der Waals surface area contributed by atoms with E-state index in [9.17, 15) is 19.7 Å². The van der Waals surface area contributed by atoms with Gasteiger partial charge >= 0.3 is 0 Å². The van der Waals surface area contributed by atoms with Gasteiger partial charge in [0.05, 0.1) is 27.8 Å². The van der Waals surface area contributed by atoms with Crippen LogP contribution in [0, 0.1) is 16.0 Å². The number of hydrogen-bond acceptors (Lipinski definition) is 7. The van der Waals surface area contributed by atoms with Gasteiger partial charge in [0, 0.05) is 23.4 Å². The Balaban J connectivity index is 1.57. The minimum absolute atomic E-state index is 0.128. The standard InChI is InChI=1S/C31H23N5O4/c1-21-27(31(38)34(30(21)37)24-17-19-26(20-18-24)36(39)40)29-33(23-13-7-3-8-14-23)28(22-11-5-2-6-12-22)32-35(29)25-15-9-4-10-16-25/h2-21H,1H3/b29-27-. The summed E-state index contributed by atoms with van der Waals surface area (Å²) < 4.78 is 0. The molecule has 2 amide bonds. The summed E-state index contributed by atoms with van der Waals surface area (Å²) in [5, 5.41) is 17.9. The second kappa shape index (κ2) is 9.95. The molecule has 40 heavy (non-hydrogen) atoms. The molecule has 0 aliphatic carbocycles. The molecule has 196 valence electrons. The van der Waals surface area contributed by atoms with Gasteiger partial charge in [-0.15, -0.1) is 5.10 Å². The molecule has 0 spiro atoms. The molecule has 6 rings (SSSR count). The summed E-state index contributed by atoms with van der Waals surface area (Å²) in [6.45, 7) is 1.70. The second-order valence-electron chi connectivity index (χ2n) is 9.32. The van der Waals surface area contributed by atoms with Crippen molar-refractivity contribution in [3.8, 4) is 0 Å². The van der Waals surface area contributed by atoms with E-state index in [1.165, 1.54) is 24.3 Å². The lowest BCUT2D eigenvalue weighted by Crippen LogP contribution is -2.33.